The van der Waals surface area contributed by atoms with Crippen LogP contribution in [0.1, 0.15) is 20.8 Å². The molecule has 2 heterocycles. The molecular weight excluding hydrogens is 352 g/mol. The summed E-state index contributed by atoms with van der Waals surface area (Å²) in [5, 5.41) is 1.91. The molecule has 0 aliphatic carbocycles. The number of ketones is 1. The highest BCUT2D eigenvalue weighted by atomic mass is 79.9. The van der Waals surface area contributed by atoms with Gasteiger partial charge in [-0.15, -0.1) is 11.3 Å². The van der Waals surface area contributed by atoms with Gasteiger partial charge in [0.15, 0.2) is 0 Å². The van der Waals surface area contributed by atoms with Gasteiger partial charge in [0.2, 0.25) is 5.78 Å². The van der Waals surface area contributed by atoms with Crippen LogP contribution >= 0.6 is 27.3 Å². The number of carbonyl (C=O) groups excluding carboxylic acids is 1. The van der Waals surface area contributed by atoms with Crippen molar-refractivity contribution in [2.75, 3.05) is 0 Å². The third-order valence-electron chi connectivity index (χ3n) is 3.67. The zero-order valence-corrected chi connectivity index (χ0v) is 14.2. The van der Waals surface area contributed by atoms with E-state index in [-0.39, 0.29) is 11.5 Å². The molecule has 0 atom stereocenters. The van der Waals surface area contributed by atoms with E-state index in [9.17, 15) is 9.59 Å². The maximum absolute atomic E-state index is 12.7. The van der Waals surface area contributed by atoms with Gasteiger partial charge in [0, 0.05) is 24.1 Å². The number of benzene rings is 1. The molecule has 0 unspecified atom stereocenters. The molecule has 0 saturated carbocycles. The van der Waals surface area contributed by atoms with E-state index in [2.05, 4.69) is 15.9 Å². The van der Waals surface area contributed by atoms with Gasteiger partial charge >= 0.3 is 5.69 Å². The van der Waals surface area contributed by atoms with E-state index in [1.807, 2.05) is 24.4 Å². The minimum atomic E-state index is -0.103. The molecule has 0 amide bonds. The number of thiophene rings is 1. The second-order valence-corrected chi connectivity index (χ2v) is 6.75. The van der Waals surface area contributed by atoms with Crippen LogP contribution in [0.3, 0.4) is 0 Å². The Kier molecular flexibility index (Phi) is 3.37. The lowest BCUT2D eigenvalue weighted by Crippen LogP contribution is -2.19. The maximum atomic E-state index is 12.7. The zero-order valence-electron chi connectivity index (χ0n) is 11.8. The lowest BCUT2D eigenvalue weighted by atomic mass is 10.1. The van der Waals surface area contributed by atoms with Gasteiger partial charge in [-0.1, -0.05) is 0 Å². The van der Waals surface area contributed by atoms with Gasteiger partial charge in [-0.2, -0.15) is 0 Å². The van der Waals surface area contributed by atoms with Crippen LogP contribution in [0.4, 0.5) is 0 Å². The molecule has 0 aliphatic heterocycles. The fourth-order valence-corrected chi connectivity index (χ4v) is 3.81. The number of aryl methyl sites for hydroxylation is 3. The molecule has 0 aliphatic rings. The van der Waals surface area contributed by atoms with Gasteiger partial charge in [0.1, 0.15) is 0 Å². The average molecular weight is 365 g/mol. The summed E-state index contributed by atoms with van der Waals surface area (Å²) < 4.78 is 3.83. The average Bonchev–Trinajstić information content (AvgIpc) is 2.97. The van der Waals surface area contributed by atoms with Crippen LogP contribution in [0.2, 0.25) is 0 Å². The first-order valence-electron chi connectivity index (χ1n) is 6.35. The highest BCUT2D eigenvalue weighted by Crippen LogP contribution is 2.28. The molecule has 0 fully saturated rings. The number of carbonyl (C=O) groups is 1. The topological polar surface area (TPSA) is 44.0 Å². The highest BCUT2D eigenvalue weighted by molar-refractivity contribution is 9.10. The first kappa shape index (κ1) is 14.3. The third-order valence-corrected chi connectivity index (χ3v) is 5.35. The van der Waals surface area contributed by atoms with Crippen molar-refractivity contribution in [2.24, 2.45) is 14.1 Å². The van der Waals surface area contributed by atoms with Crippen LogP contribution in [0, 0.1) is 6.92 Å². The smallest absolute Gasteiger partial charge is 0.295 e. The summed E-state index contributed by atoms with van der Waals surface area (Å²) >= 11 is 4.89. The first-order valence-corrected chi connectivity index (χ1v) is 8.03. The molecule has 21 heavy (non-hydrogen) atoms. The lowest BCUT2D eigenvalue weighted by molar-refractivity contribution is 0.104. The highest BCUT2D eigenvalue weighted by Gasteiger charge is 2.19. The van der Waals surface area contributed by atoms with Crippen molar-refractivity contribution in [2.45, 2.75) is 6.92 Å². The SMILES string of the molecule is Cc1ccsc1C(=O)c1cc2c(cc1Br)n(C)c(=O)n2C. The van der Waals surface area contributed by atoms with Crippen LogP contribution in [-0.2, 0) is 14.1 Å². The van der Waals surface area contributed by atoms with Crippen LogP contribution in [0.5, 0.6) is 0 Å². The van der Waals surface area contributed by atoms with E-state index >= 15 is 0 Å². The molecule has 0 bridgehead atoms. The monoisotopic (exact) mass is 364 g/mol. The number of hydrogen-bond acceptors (Lipinski definition) is 3. The quantitative estimate of drug-likeness (QED) is 0.655. The van der Waals surface area contributed by atoms with Gasteiger partial charge in [-0.05, 0) is 52.0 Å². The van der Waals surface area contributed by atoms with Crippen LogP contribution in [0.25, 0.3) is 11.0 Å². The lowest BCUT2D eigenvalue weighted by Gasteiger charge is -2.05. The molecule has 2 aromatic heterocycles. The van der Waals surface area contributed by atoms with Gasteiger partial charge in [0.25, 0.3) is 0 Å². The normalized spacial score (nSPS) is 11.2. The first-order chi connectivity index (χ1) is 9.91. The molecule has 0 radical (unpaired) electrons. The molecule has 0 N–H and O–H groups in total. The van der Waals surface area contributed by atoms with Crippen LogP contribution in [0.15, 0.2) is 32.8 Å². The van der Waals surface area contributed by atoms with Crippen molar-refractivity contribution in [1.29, 1.82) is 0 Å². The Morgan fingerprint density at radius 2 is 1.81 bits per heavy atom. The summed E-state index contributed by atoms with van der Waals surface area (Å²) in [6.07, 6.45) is 0. The Balaban J connectivity index is 2.27. The number of rotatable bonds is 2. The van der Waals surface area contributed by atoms with E-state index in [1.54, 1.807) is 29.3 Å². The van der Waals surface area contributed by atoms with Crippen molar-refractivity contribution in [3.8, 4) is 0 Å². The Labute approximate surface area is 133 Å². The van der Waals surface area contributed by atoms with Crippen molar-refractivity contribution in [3.63, 3.8) is 0 Å². The number of aromatic nitrogens is 2. The minimum absolute atomic E-state index is 0.0208. The third kappa shape index (κ3) is 2.10. The van der Waals surface area contributed by atoms with E-state index in [4.69, 9.17) is 0 Å². The second-order valence-electron chi connectivity index (χ2n) is 4.98. The van der Waals surface area contributed by atoms with E-state index in [1.165, 1.54) is 11.3 Å². The molecule has 3 rings (SSSR count). The van der Waals surface area contributed by atoms with Crippen molar-refractivity contribution < 1.29 is 4.79 Å². The Bertz CT molecular complexity index is 933. The summed E-state index contributed by atoms with van der Waals surface area (Å²) in [4.78, 5) is 25.4. The number of hydrogen-bond donors (Lipinski definition) is 0. The van der Waals surface area contributed by atoms with Gasteiger partial charge in [-0.3, -0.25) is 13.9 Å². The van der Waals surface area contributed by atoms with Crippen LogP contribution < -0.4 is 5.69 Å². The molecule has 1 aromatic carbocycles. The van der Waals surface area contributed by atoms with Crippen molar-refractivity contribution >= 4 is 44.1 Å². The summed E-state index contributed by atoms with van der Waals surface area (Å²) in [6.45, 7) is 1.93. The largest absolute Gasteiger partial charge is 0.328 e. The maximum Gasteiger partial charge on any atom is 0.328 e. The molecule has 6 heteroatoms. The summed E-state index contributed by atoms with van der Waals surface area (Å²) in [5.41, 5.74) is 3.00. The summed E-state index contributed by atoms with van der Waals surface area (Å²) in [7, 11) is 3.44. The zero-order chi connectivity index (χ0) is 15.3. The van der Waals surface area contributed by atoms with E-state index in [0.29, 0.717) is 10.0 Å². The fourth-order valence-electron chi connectivity index (χ4n) is 2.42. The van der Waals surface area contributed by atoms with Gasteiger partial charge < -0.3 is 0 Å². The van der Waals surface area contributed by atoms with Crippen LogP contribution in [-0.4, -0.2) is 14.9 Å². The Hall–Kier alpha value is -1.66. The molecule has 0 spiro atoms. The number of fused-ring (bicyclic) bond motifs is 1. The number of imidazole rings is 1. The molecule has 108 valence electrons. The Morgan fingerprint density at radius 1 is 1.19 bits per heavy atom. The predicted molar refractivity (Wildman–Crippen MR) is 88.3 cm³/mol. The van der Waals surface area contributed by atoms with Gasteiger partial charge in [0.05, 0.1) is 15.9 Å². The predicted octanol–water partition coefficient (Wildman–Crippen LogP) is 3.24. The van der Waals surface area contributed by atoms with E-state index < -0.39 is 0 Å². The Morgan fingerprint density at radius 3 is 2.38 bits per heavy atom. The standard InChI is InChI=1S/C15H13BrN2O2S/c1-8-4-5-21-14(8)13(19)9-6-11-12(7-10(9)16)18(3)15(20)17(11)2/h4-7H,1-3H3. The molecule has 0 saturated heterocycles. The molecule has 3 aromatic rings. The number of halogens is 1. The van der Waals surface area contributed by atoms with Crippen molar-refractivity contribution in [3.05, 3.63) is 54.5 Å². The second kappa shape index (κ2) is 4.96. The van der Waals surface area contributed by atoms with Gasteiger partial charge in [-0.25, -0.2) is 4.79 Å². The minimum Gasteiger partial charge on any atom is -0.295 e. The van der Waals surface area contributed by atoms with E-state index in [0.717, 1.165) is 21.5 Å². The fraction of sp³-hybridized carbons (Fsp3) is 0.200. The number of nitrogens with zero attached hydrogens (tertiary/aromatic N) is 2. The molecule has 4 nitrogen and oxygen atoms in total. The summed E-state index contributed by atoms with van der Waals surface area (Å²) in [5.74, 6) is -0.0208. The molecular formula is C15H13BrN2O2S. The summed E-state index contributed by atoms with van der Waals surface area (Å²) in [6, 6.07) is 5.54. The van der Waals surface area contributed by atoms with Crippen molar-refractivity contribution in [1.82, 2.24) is 9.13 Å².